The molecule has 0 aromatic heterocycles. The number of ketones is 1. The second-order valence-electron chi connectivity index (χ2n) is 8.12. The quantitative estimate of drug-likeness (QED) is 0.159. The maximum Gasteiger partial charge on any atom is 0.203 e. The van der Waals surface area contributed by atoms with E-state index in [1.165, 1.54) is 74.2 Å². The van der Waals surface area contributed by atoms with Gasteiger partial charge in [-0.2, -0.15) is 0 Å². The first-order valence-corrected chi connectivity index (χ1v) is 12.0. The average Bonchev–Trinajstić information content (AvgIpc) is 2.98. The van der Waals surface area contributed by atoms with Crippen molar-refractivity contribution in [2.75, 3.05) is 55.1 Å². The Morgan fingerprint density at radius 1 is 0.650 bits per heavy atom. The number of halogens is 1. The number of anilines is 1. The standard InChI is InChI=1S/C30H32FNO8/c1-34-24-17-22(32-11-10-23(33)20-15-27(37-4)30(40-7)28(16-20)38-5)19(14-21(24)31)9-8-18-12-25(35-2)29(39-6)26(13-18)36-3/h8-17,32H,1-7H3/b9-8-,11-10-. The highest BCUT2D eigenvalue weighted by atomic mass is 19.1. The summed E-state index contributed by atoms with van der Waals surface area (Å²) in [6.45, 7) is 0. The summed E-state index contributed by atoms with van der Waals surface area (Å²) < 4.78 is 51.9. The fourth-order valence-corrected chi connectivity index (χ4v) is 3.90. The smallest absolute Gasteiger partial charge is 0.203 e. The monoisotopic (exact) mass is 553 g/mol. The Morgan fingerprint density at radius 2 is 1.15 bits per heavy atom. The second-order valence-corrected chi connectivity index (χ2v) is 8.12. The minimum absolute atomic E-state index is 0.0387. The van der Waals surface area contributed by atoms with E-state index >= 15 is 0 Å². The minimum Gasteiger partial charge on any atom is -0.494 e. The molecule has 0 radical (unpaired) electrons. The largest absolute Gasteiger partial charge is 0.494 e. The van der Waals surface area contributed by atoms with Crippen LogP contribution in [0.5, 0.6) is 40.2 Å². The van der Waals surface area contributed by atoms with Crippen LogP contribution in [-0.4, -0.2) is 55.6 Å². The van der Waals surface area contributed by atoms with Gasteiger partial charge in [0.05, 0.1) is 49.8 Å². The molecule has 0 heterocycles. The van der Waals surface area contributed by atoms with Gasteiger partial charge in [0.15, 0.2) is 40.3 Å². The molecule has 0 saturated carbocycles. The first-order valence-electron chi connectivity index (χ1n) is 12.0. The Morgan fingerprint density at radius 3 is 1.62 bits per heavy atom. The molecule has 0 atom stereocenters. The summed E-state index contributed by atoms with van der Waals surface area (Å²) >= 11 is 0. The lowest BCUT2D eigenvalue weighted by Crippen LogP contribution is -2.02. The molecule has 0 unspecified atom stereocenters. The highest BCUT2D eigenvalue weighted by Crippen LogP contribution is 2.40. The van der Waals surface area contributed by atoms with E-state index in [-0.39, 0.29) is 11.5 Å². The van der Waals surface area contributed by atoms with Crippen LogP contribution in [0.25, 0.3) is 12.2 Å². The molecular weight excluding hydrogens is 521 g/mol. The second kappa shape index (κ2) is 13.8. The van der Waals surface area contributed by atoms with E-state index in [1.54, 1.807) is 36.4 Å². The molecule has 0 bridgehead atoms. The summed E-state index contributed by atoms with van der Waals surface area (Å²) in [4.78, 5) is 12.9. The minimum atomic E-state index is -0.546. The van der Waals surface area contributed by atoms with Crippen molar-refractivity contribution in [2.45, 2.75) is 0 Å². The van der Waals surface area contributed by atoms with E-state index < -0.39 is 5.82 Å². The van der Waals surface area contributed by atoms with Crippen LogP contribution in [0.3, 0.4) is 0 Å². The Hall–Kier alpha value is -4.86. The number of nitrogens with one attached hydrogen (secondary N) is 1. The average molecular weight is 554 g/mol. The number of carbonyl (C=O) groups is 1. The van der Waals surface area contributed by atoms with Gasteiger partial charge in [-0.3, -0.25) is 4.79 Å². The van der Waals surface area contributed by atoms with Crippen molar-refractivity contribution in [2.24, 2.45) is 0 Å². The Bertz CT molecular complexity index is 1370. The van der Waals surface area contributed by atoms with Crippen LogP contribution in [0.2, 0.25) is 0 Å². The number of hydrogen-bond acceptors (Lipinski definition) is 9. The van der Waals surface area contributed by atoms with Crippen LogP contribution in [0.4, 0.5) is 10.1 Å². The van der Waals surface area contributed by atoms with Crippen molar-refractivity contribution < 1.29 is 42.3 Å². The molecule has 0 saturated heterocycles. The first-order chi connectivity index (χ1) is 19.3. The van der Waals surface area contributed by atoms with Gasteiger partial charge in [-0.15, -0.1) is 0 Å². The lowest BCUT2D eigenvalue weighted by Gasteiger charge is -2.13. The predicted molar refractivity (Wildman–Crippen MR) is 151 cm³/mol. The van der Waals surface area contributed by atoms with Crippen LogP contribution in [0.15, 0.2) is 48.7 Å². The number of allylic oxidation sites excluding steroid dienone is 1. The van der Waals surface area contributed by atoms with Gasteiger partial charge in [-0.05, 0) is 35.9 Å². The van der Waals surface area contributed by atoms with Crippen LogP contribution < -0.4 is 38.5 Å². The Kier molecular flexibility index (Phi) is 10.2. The van der Waals surface area contributed by atoms with Gasteiger partial charge in [-0.25, -0.2) is 4.39 Å². The third kappa shape index (κ3) is 6.58. The fourth-order valence-electron chi connectivity index (χ4n) is 3.90. The van der Waals surface area contributed by atoms with E-state index in [1.807, 2.05) is 0 Å². The van der Waals surface area contributed by atoms with Crippen LogP contribution in [0.1, 0.15) is 21.5 Å². The molecule has 0 aliphatic heterocycles. The summed E-state index contributed by atoms with van der Waals surface area (Å²) in [6, 6.07) is 9.46. The fraction of sp³-hybridized carbons (Fsp3) is 0.233. The number of benzene rings is 3. The van der Waals surface area contributed by atoms with Gasteiger partial charge in [0.25, 0.3) is 0 Å². The maximum absolute atomic E-state index is 14.6. The molecule has 0 amide bonds. The summed E-state index contributed by atoms with van der Waals surface area (Å²) in [5.41, 5.74) is 2.05. The third-order valence-electron chi connectivity index (χ3n) is 5.89. The van der Waals surface area contributed by atoms with Crippen LogP contribution in [-0.2, 0) is 0 Å². The molecule has 3 aromatic rings. The van der Waals surface area contributed by atoms with E-state index in [2.05, 4.69) is 5.32 Å². The predicted octanol–water partition coefficient (Wildman–Crippen LogP) is 5.86. The number of ether oxygens (including phenoxy) is 7. The SMILES string of the molecule is COc1cc(N/C=C\C(=O)c2cc(OC)c(OC)c(OC)c2)c(/C=C\c2cc(OC)c(OC)c(OC)c2)cc1F. The Labute approximate surface area is 232 Å². The highest BCUT2D eigenvalue weighted by Gasteiger charge is 2.16. The molecule has 0 aliphatic carbocycles. The number of rotatable bonds is 13. The lowest BCUT2D eigenvalue weighted by molar-refractivity contribution is 0.104. The molecule has 3 aromatic carbocycles. The summed E-state index contributed by atoms with van der Waals surface area (Å²) in [5.74, 6) is 1.68. The van der Waals surface area contributed by atoms with Crippen molar-refractivity contribution in [3.63, 3.8) is 0 Å². The summed E-state index contributed by atoms with van der Waals surface area (Å²) in [7, 11) is 10.4. The van der Waals surface area contributed by atoms with E-state index in [9.17, 15) is 9.18 Å². The zero-order valence-corrected chi connectivity index (χ0v) is 23.4. The molecule has 40 heavy (non-hydrogen) atoms. The van der Waals surface area contributed by atoms with Crippen molar-refractivity contribution in [3.05, 3.63) is 71.2 Å². The maximum atomic E-state index is 14.6. The van der Waals surface area contributed by atoms with Crippen molar-refractivity contribution >= 4 is 23.6 Å². The molecule has 3 rings (SSSR count). The summed E-state index contributed by atoms with van der Waals surface area (Å²) in [6.07, 6.45) is 6.26. The van der Waals surface area contributed by atoms with Gasteiger partial charge < -0.3 is 38.5 Å². The molecule has 0 spiro atoms. The molecule has 0 aliphatic rings. The molecule has 10 heteroatoms. The van der Waals surface area contributed by atoms with Crippen molar-refractivity contribution in [1.82, 2.24) is 0 Å². The van der Waals surface area contributed by atoms with Gasteiger partial charge in [-0.1, -0.05) is 12.2 Å². The number of carbonyl (C=O) groups excluding carboxylic acids is 1. The lowest BCUT2D eigenvalue weighted by atomic mass is 10.1. The van der Waals surface area contributed by atoms with Crippen molar-refractivity contribution in [3.8, 4) is 40.2 Å². The molecule has 0 fully saturated rings. The van der Waals surface area contributed by atoms with Gasteiger partial charge in [0.1, 0.15) is 0 Å². The normalized spacial score (nSPS) is 10.9. The summed E-state index contributed by atoms with van der Waals surface area (Å²) in [5, 5.41) is 3.04. The Balaban J connectivity index is 1.92. The van der Waals surface area contributed by atoms with E-state index in [0.29, 0.717) is 51.3 Å². The molecule has 1 N–H and O–H groups in total. The van der Waals surface area contributed by atoms with Crippen molar-refractivity contribution in [1.29, 1.82) is 0 Å². The zero-order valence-electron chi connectivity index (χ0n) is 23.4. The highest BCUT2D eigenvalue weighted by molar-refractivity contribution is 6.05. The van der Waals surface area contributed by atoms with Gasteiger partial charge in [0, 0.05) is 35.2 Å². The van der Waals surface area contributed by atoms with Crippen LogP contribution in [0, 0.1) is 5.82 Å². The zero-order chi connectivity index (χ0) is 29.2. The van der Waals surface area contributed by atoms with Gasteiger partial charge >= 0.3 is 0 Å². The first kappa shape index (κ1) is 29.7. The van der Waals surface area contributed by atoms with E-state index in [4.69, 9.17) is 33.2 Å². The van der Waals surface area contributed by atoms with Gasteiger partial charge in [0.2, 0.25) is 11.5 Å². The topological polar surface area (TPSA) is 93.7 Å². The molecule has 9 nitrogen and oxygen atoms in total. The number of hydrogen-bond donors (Lipinski definition) is 1. The number of methoxy groups -OCH3 is 7. The van der Waals surface area contributed by atoms with Crippen LogP contribution >= 0.6 is 0 Å². The van der Waals surface area contributed by atoms with E-state index in [0.717, 1.165) is 5.56 Å². The third-order valence-corrected chi connectivity index (χ3v) is 5.89. The molecular formula is C30H32FNO8. The molecule has 212 valence electrons.